The van der Waals surface area contributed by atoms with Gasteiger partial charge in [-0.1, -0.05) is 12.1 Å². The second-order valence-corrected chi connectivity index (χ2v) is 4.23. The molecule has 4 heteroatoms. The maximum absolute atomic E-state index is 12.1. The van der Waals surface area contributed by atoms with Gasteiger partial charge >= 0.3 is 0 Å². The number of para-hydroxylation sites is 1. The summed E-state index contributed by atoms with van der Waals surface area (Å²) in [5.41, 5.74) is 6.03. The van der Waals surface area contributed by atoms with E-state index in [1.54, 1.807) is 6.07 Å². The number of carbonyl (C=O) groups excluding carboxylic acids is 1. The van der Waals surface area contributed by atoms with Crippen molar-refractivity contribution in [2.24, 2.45) is 5.73 Å². The Balaban J connectivity index is 2.65. The molecule has 1 atom stereocenters. The Morgan fingerprint density at radius 2 is 2.17 bits per heavy atom. The zero-order valence-electron chi connectivity index (χ0n) is 11.1. The van der Waals surface area contributed by atoms with Gasteiger partial charge in [-0.3, -0.25) is 4.79 Å². The largest absolute Gasteiger partial charge is 0.493 e. The molecular weight excluding hydrogens is 228 g/mol. The van der Waals surface area contributed by atoms with Crippen molar-refractivity contribution in [2.45, 2.75) is 32.7 Å². The van der Waals surface area contributed by atoms with Crippen LogP contribution < -0.4 is 15.8 Å². The molecule has 0 saturated heterocycles. The molecule has 1 aromatic rings. The Morgan fingerprint density at radius 1 is 1.44 bits per heavy atom. The van der Waals surface area contributed by atoms with Gasteiger partial charge in [0.25, 0.3) is 5.91 Å². The summed E-state index contributed by atoms with van der Waals surface area (Å²) < 4.78 is 5.44. The molecule has 0 aromatic heterocycles. The zero-order chi connectivity index (χ0) is 13.4. The fourth-order valence-electron chi connectivity index (χ4n) is 1.73. The molecule has 4 nitrogen and oxygen atoms in total. The highest BCUT2D eigenvalue weighted by atomic mass is 16.5. The minimum atomic E-state index is -0.0939. The number of carbonyl (C=O) groups is 1. The molecule has 3 N–H and O–H groups in total. The lowest BCUT2D eigenvalue weighted by molar-refractivity contribution is 0.0934. The molecule has 18 heavy (non-hydrogen) atoms. The first kappa shape index (κ1) is 14.5. The van der Waals surface area contributed by atoms with Crippen LogP contribution in [0, 0.1) is 0 Å². The third-order valence-corrected chi connectivity index (χ3v) is 2.65. The summed E-state index contributed by atoms with van der Waals surface area (Å²) >= 11 is 0. The third kappa shape index (κ3) is 4.37. The number of hydrogen-bond acceptors (Lipinski definition) is 3. The van der Waals surface area contributed by atoms with Crippen LogP contribution in [0.25, 0.3) is 0 Å². The molecule has 100 valence electrons. The molecule has 1 aromatic carbocycles. The molecule has 0 bridgehead atoms. The highest BCUT2D eigenvalue weighted by molar-refractivity contribution is 5.97. The topological polar surface area (TPSA) is 64.3 Å². The van der Waals surface area contributed by atoms with Crippen molar-refractivity contribution < 1.29 is 9.53 Å². The maximum atomic E-state index is 12.1. The van der Waals surface area contributed by atoms with Crippen LogP contribution in [0.1, 0.15) is 37.0 Å². The predicted molar refractivity (Wildman–Crippen MR) is 72.8 cm³/mol. The molecule has 1 amide bonds. The second-order valence-electron chi connectivity index (χ2n) is 4.23. The van der Waals surface area contributed by atoms with Crippen LogP contribution in [0.4, 0.5) is 0 Å². The maximum Gasteiger partial charge on any atom is 0.255 e. The van der Waals surface area contributed by atoms with Crippen LogP contribution >= 0.6 is 0 Å². The molecule has 0 aliphatic rings. The molecule has 0 radical (unpaired) electrons. The Labute approximate surface area is 109 Å². The molecule has 1 unspecified atom stereocenters. The summed E-state index contributed by atoms with van der Waals surface area (Å²) in [5, 5.41) is 2.96. The van der Waals surface area contributed by atoms with E-state index in [1.165, 1.54) is 0 Å². The lowest BCUT2D eigenvalue weighted by atomic mass is 10.1. The van der Waals surface area contributed by atoms with E-state index in [2.05, 4.69) is 5.32 Å². The number of rotatable bonds is 7. The lowest BCUT2D eigenvalue weighted by Crippen LogP contribution is -2.33. The number of hydrogen-bond donors (Lipinski definition) is 2. The highest BCUT2D eigenvalue weighted by Crippen LogP contribution is 2.17. The fraction of sp³-hybridized carbons (Fsp3) is 0.500. The van der Waals surface area contributed by atoms with Gasteiger partial charge in [-0.15, -0.1) is 0 Å². The van der Waals surface area contributed by atoms with Crippen molar-refractivity contribution in [3.63, 3.8) is 0 Å². The van der Waals surface area contributed by atoms with Crippen molar-refractivity contribution in [3.8, 4) is 5.75 Å². The van der Waals surface area contributed by atoms with Gasteiger partial charge in [-0.25, -0.2) is 0 Å². The monoisotopic (exact) mass is 250 g/mol. The van der Waals surface area contributed by atoms with Gasteiger partial charge in [0, 0.05) is 6.04 Å². The third-order valence-electron chi connectivity index (χ3n) is 2.65. The Morgan fingerprint density at radius 3 is 2.83 bits per heavy atom. The van der Waals surface area contributed by atoms with Crippen LogP contribution in [0.5, 0.6) is 5.75 Å². The highest BCUT2D eigenvalue weighted by Gasteiger charge is 2.13. The average molecular weight is 250 g/mol. The van der Waals surface area contributed by atoms with E-state index in [4.69, 9.17) is 10.5 Å². The molecule has 0 aliphatic heterocycles. The van der Waals surface area contributed by atoms with Gasteiger partial charge in [0.2, 0.25) is 0 Å². The lowest BCUT2D eigenvalue weighted by Gasteiger charge is -2.15. The Kier molecular flexibility index (Phi) is 6.22. The quantitative estimate of drug-likeness (QED) is 0.777. The Bertz CT molecular complexity index is 380. The SMILES string of the molecule is CCOc1ccccc1C(=O)NC(C)CCCN. The first-order valence-electron chi connectivity index (χ1n) is 6.41. The van der Waals surface area contributed by atoms with Crippen LogP contribution in [0.2, 0.25) is 0 Å². The van der Waals surface area contributed by atoms with Crippen molar-refractivity contribution >= 4 is 5.91 Å². The molecule has 0 spiro atoms. The van der Waals surface area contributed by atoms with Crippen LogP contribution in [0.15, 0.2) is 24.3 Å². The number of amides is 1. The first-order chi connectivity index (χ1) is 8.69. The van der Waals surface area contributed by atoms with Gasteiger partial charge in [0.05, 0.1) is 12.2 Å². The smallest absolute Gasteiger partial charge is 0.255 e. The van der Waals surface area contributed by atoms with Crippen LogP contribution in [-0.4, -0.2) is 25.1 Å². The van der Waals surface area contributed by atoms with E-state index in [-0.39, 0.29) is 11.9 Å². The van der Waals surface area contributed by atoms with Crippen molar-refractivity contribution in [1.82, 2.24) is 5.32 Å². The van der Waals surface area contributed by atoms with E-state index in [9.17, 15) is 4.79 Å². The van der Waals surface area contributed by atoms with Gasteiger partial charge in [0.15, 0.2) is 0 Å². The van der Waals surface area contributed by atoms with E-state index < -0.39 is 0 Å². The van der Waals surface area contributed by atoms with Crippen LogP contribution in [0.3, 0.4) is 0 Å². The second kappa shape index (κ2) is 7.71. The summed E-state index contributed by atoms with van der Waals surface area (Å²) in [6, 6.07) is 7.40. The Hall–Kier alpha value is -1.55. The van der Waals surface area contributed by atoms with E-state index >= 15 is 0 Å². The molecular formula is C14H22N2O2. The van der Waals surface area contributed by atoms with Crippen molar-refractivity contribution in [1.29, 1.82) is 0 Å². The normalized spacial score (nSPS) is 11.9. The molecule has 0 heterocycles. The summed E-state index contributed by atoms with van der Waals surface area (Å²) in [6.07, 6.45) is 1.80. The summed E-state index contributed by atoms with van der Waals surface area (Å²) in [4.78, 5) is 12.1. The van der Waals surface area contributed by atoms with Gasteiger partial charge < -0.3 is 15.8 Å². The number of benzene rings is 1. The van der Waals surface area contributed by atoms with Gasteiger partial charge in [-0.2, -0.15) is 0 Å². The standard InChI is InChI=1S/C14H22N2O2/c1-3-18-13-9-5-4-8-12(13)14(17)16-11(2)7-6-10-15/h4-5,8-9,11H,3,6-7,10,15H2,1-2H3,(H,16,17). The van der Waals surface area contributed by atoms with E-state index in [0.29, 0.717) is 24.5 Å². The van der Waals surface area contributed by atoms with Gasteiger partial charge in [-0.05, 0) is 45.4 Å². The predicted octanol–water partition coefficient (Wildman–Crippen LogP) is 1.94. The molecule has 0 fully saturated rings. The average Bonchev–Trinajstić information content (AvgIpc) is 2.37. The summed E-state index contributed by atoms with van der Waals surface area (Å²) in [6.45, 7) is 5.08. The first-order valence-corrected chi connectivity index (χ1v) is 6.41. The minimum absolute atomic E-state index is 0.0939. The number of ether oxygens (including phenoxy) is 1. The number of nitrogens with two attached hydrogens (primary N) is 1. The van der Waals surface area contributed by atoms with Crippen LogP contribution in [-0.2, 0) is 0 Å². The molecule has 1 rings (SSSR count). The van der Waals surface area contributed by atoms with Crippen molar-refractivity contribution in [2.75, 3.05) is 13.2 Å². The summed E-state index contributed by atoms with van der Waals surface area (Å²) in [5.74, 6) is 0.534. The summed E-state index contributed by atoms with van der Waals surface area (Å²) in [7, 11) is 0. The van der Waals surface area contributed by atoms with Gasteiger partial charge in [0.1, 0.15) is 5.75 Å². The van der Waals surface area contributed by atoms with E-state index in [1.807, 2.05) is 32.0 Å². The fourth-order valence-corrected chi connectivity index (χ4v) is 1.73. The molecule has 0 aliphatic carbocycles. The zero-order valence-corrected chi connectivity index (χ0v) is 11.1. The molecule has 0 saturated carbocycles. The van der Waals surface area contributed by atoms with E-state index in [0.717, 1.165) is 12.8 Å². The van der Waals surface area contributed by atoms with Crippen molar-refractivity contribution in [3.05, 3.63) is 29.8 Å². The minimum Gasteiger partial charge on any atom is -0.493 e. The number of nitrogens with one attached hydrogen (secondary N) is 1.